The Morgan fingerprint density at radius 1 is 1.17 bits per heavy atom. The number of phenols is 1. The highest BCUT2D eigenvalue weighted by Gasteiger charge is 2.18. The minimum Gasteiger partial charge on any atom is -0.508 e. The topological polar surface area (TPSA) is 83.7 Å². The van der Waals surface area contributed by atoms with Crippen LogP contribution >= 0.6 is 11.6 Å². The van der Waals surface area contributed by atoms with Crippen molar-refractivity contribution in [2.75, 3.05) is 4.72 Å². The molecule has 0 fully saturated rings. The Morgan fingerprint density at radius 3 is 2.46 bits per heavy atom. The van der Waals surface area contributed by atoms with Crippen molar-refractivity contribution in [1.82, 2.24) is 9.61 Å². The third kappa shape index (κ3) is 3.05. The fourth-order valence-corrected chi connectivity index (χ4v) is 3.48. The number of phenolic OH excluding ortho intramolecular Hbond substituents is 1. The lowest BCUT2D eigenvalue weighted by Crippen LogP contribution is -2.15. The number of fused-ring (bicyclic) bond motifs is 1. The van der Waals surface area contributed by atoms with Gasteiger partial charge in [0.2, 0.25) is 0 Å². The Hall–Kier alpha value is -2.25. The molecular formula is C16H16ClN3O3S. The van der Waals surface area contributed by atoms with Crippen molar-refractivity contribution >= 4 is 33.0 Å². The molecular weight excluding hydrogens is 350 g/mol. The van der Waals surface area contributed by atoms with E-state index in [9.17, 15) is 13.5 Å². The van der Waals surface area contributed by atoms with E-state index in [0.717, 1.165) is 5.69 Å². The van der Waals surface area contributed by atoms with Crippen LogP contribution in [-0.4, -0.2) is 23.1 Å². The maximum atomic E-state index is 12.5. The molecule has 0 radical (unpaired) electrons. The number of nitrogens with one attached hydrogen (secondary N) is 1. The van der Waals surface area contributed by atoms with Gasteiger partial charge in [-0.2, -0.15) is 5.10 Å². The van der Waals surface area contributed by atoms with Gasteiger partial charge in [-0.15, -0.1) is 0 Å². The van der Waals surface area contributed by atoms with Crippen molar-refractivity contribution in [2.24, 2.45) is 0 Å². The van der Waals surface area contributed by atoms with Crippen molar-refractivity contribution in [3.05, 3.63) is 53.2 Å². The van der Waals surface area contributed by atoms with Crippen LogP contribution in [0.15, 0.2) is 47.4 Å². The van der Waals surface area contributed by atoms with Crippen LogP contribution in [0.3, 0.4) is 0 Å². The van der Waals surface area contributed by atoms with Gasteiger partial charge in [0.25, 0.3) is 10.0 Å². The summed E-state index contributed by atoms with van der Waals surface area (Å²) in [7, 11) is -3.81. The van der Waals surface area contributed by atoms with E-state index in [0.29, 0.717) is 10.5 Å². The molecule has 3 aromatic rings. The zero-order valence-corrected chi connectivity index (χ0v) is 14.6. The normalized spacial score (nSPS) is 12.0. The number of rotatable bonds is 4. The predicted molar refractivity (Wildman–Crippen MR) is 93.2 cm³/mol. The van der Waals surface area contributed by atoms with E-state index in [1.165, 1.54) is 28.8 Å². The van der Waals surface area contributed by atoms with Crippen molar-refractivity contribution in [3.63, 3.8) is 0 Å². The number of anilines is 1. The van der Waals surface area contributed by atoms with Gasteiger partial charge in [0.1, 0.15) is 11.6 Å². The average molecular weight is 366 g/mol. The molecule has 0 unspecified atom stereocenters. The quantitative estimate of drug-likeness (QED) is 0.739. The molecule has 0 bridgehead atoms. The number of aromatic nitrogens is 2. The number of hydrogen-bond acceptors (Lipinski definition) is 4. The standard InChI is InChI=1S/C16H16ClN3O3S/c1-10(2)14-9-15-13(17)7-8-16(20(15)18-14)19-24(22,23)12-5-3-11(21)4-6-12/h3-10,19,21H,1-2H3. The Kier molecular flexibility index (Phi) is 4.15. The molecule has 2 heterocycles. The van der Waals surface area contributed by atoms with Gasteiger partial charge in [0, 0.05) is 0 Å². The monoisotopic (exact) mass is 365 g/mol. The molecule has 6 nitrogen and oxygen atoms in total. The molecule has 0 aliphatic rings. The summed E-state index contributed by atoms with van der Waals surface area (Å²) in [5.74, 6) is 0.466. The number of aromatic hydroxyl groups is 1. The molecule has 0 saturated carbocycles. The first-order valence-corrected chi connectivity index (χ1v) is 9.14. The number of hydrogen-bond donors (Lipinski definition) is 2. The van der Waals surface area contributed by atoms with E-state index in [4.69, 9.17) is 11.6 Å². The third-order valence-electron chi connectivity index (χ3n) is 3.57. The van der Waals surface area contributed by atoms with Crippen LogP contribution in [0.25, 0.3) is 5.52 Å². The number of sulfonamides is 1. The molecule has 1 aromatic carbocycles. The largest absolute Gasteiger partial charge is 0.508 e. The molecule has 0 aliphatic carbocycles. The lowest BCUT2D eigenvalue weighted by Gasteiger charge is -2.10. The summed E-state index contributed by atoms with van der Waals surface area (Å²) in [4.78, 5) is 0.0413. The Bertz CT molecular complexity index is 995. The Morgan fingerprint density at radius 2 is 1.83 bits per heavy atom. The Labute approximate surface area is 144 Å². The third-order valence-corrected chi connectivity index (χ3v) is 5.26. The number of benzene rings is 1. The van der Waals surface area contributed by atoms with Crippen LogP contribution in [0.2, 0.25) is 5.02 Å². The second-order valence-corrected chi connectivity index (χ2v) is 7.78. The van der Waals surface area contributed by atoms with E-state index in [1.54, 1.807) is 12.1 Å². The van der Waals surface area contributed by atoms with E-state index in [1.807, 2.05) is 19.9 Å². The maximum Gasteiger partial charge on any atom is 0.263 e. The first kappa shape index (κ1) is 16.6. The van der Waals surface area contributed by atoms with Crippen LogP contribution in [0.4, 0.5) is 5.82 Å². The highest BCUT2D eigenvalue weighted by Crippen LogP contribution is 2.26. The van der Waals surface area contributed by atoms with Gasteiger partial charge in [-0.05, 0) is 48.4 Å². The lowest BCUT2D eigenvalue weighted by molar-refractivity contribution is 0.475. The molecule has 3 rings (SSSR count). The summed E-state index contributed by atoms with van der Waals surface area (Å²) in [5.41, 5.74) is 1.44. The van der Waals surface area contributed by atoms with Crippen molar-refractivity contribution in [2.45, 2.75) is 24.7 Å². The zero-order valence-electron chi connectivity index (χ0n) is 13.1. The molecule has 2 N–H and O–H groups in total. The molecule has 24 heavy (non-hydrogen) atoms. The fourth-order valence-electron chi connectivity index (χ4n) is 2.24. The second-order valence-electron chi connectivity index (χ2n) is 5.69. The minimum absolute atomic E-state index is 0.00325. The summed E-state index contributed by atoms with van der Waals surface area (Å²) in [6, 6.07) is 10.3. The zero-order chi connectivity index (χ0) is 17.5. The molecule has 0 atom stereocenters. The summed E-state index contributed by atoms with van der Waals surface area (Å²) in [6.07, 6.45) is 0. The average Bonchev–Trinajstić information content (AvgIpc) is 2.97. The fraction of sp³-hybridized carbons (Fsp3) is 0.188. The highest BCUT2D eigenvalue weighted by atomic mass is 35.5. The first-order valence-electron chi connectivity index (χ1n) is 7.28. The van der Waals surface area contributed by atoms with Gasteiger partial charge in [0.05, 0.1) is 21.1 Å². The van der Waals surface area contributed by atoms with Crippen LogP contribution < -0.4 is 4.72 Å². The van der Waals surface area contributed by atoms with Gasteiger partial charge >= 0.3 is 0 Å². The van der Waals surface area contributed by atoms with Crippen LogP contribution in [-0.2, 0) is 10.0 Å². The van der Waals surface area contributed by atoms with Gasteiger partial charge in [0.15, 0.2) is 0 Å². The second kappa shape index (κ2) is 5.99. The smallest absolute Gasteiger partial charge is 0.263 e. The Balaban J connectivity index is 2.06. The molecule has 2 aromatic heterocycles. The van der Waals surface area contributed by atoms with E-state index >= 15 is 0 Å². The van der Waals surface area contributed by atoms with E-state index in [-0.39, 0.29) is 22.4 Å². The van der Waals surface area contributed by atoms with Crippen molar-refractivity contribution < 1.29 is 13.5 Å². The SMILES string of the molecule is CC(C)c1cc2c(Cl)ccc(NS(=O)(=O)c3ccc(O)cc3)n2n1. The molecule has 0 spiro atoms. The minimum atomic E-state index is -3.81. The molecule has 0 aliphatic heterocycles. The number of halogens is 1. The number of pyridine rings is 1. The van der Waals surface area contributed by atoms with Gasteiger partial charge in [-0.25, -0.2) is 12.9 Å². The van der Waals surface area contributed by atoms with Crippen LogP contribution in [0.5, 0.6) is 5.75 Å². The highest BCUT2D eigenvalue weighted by molar-refractivity contribution is 7.92. The van der Waals surface area contributed by atoms with Crippen LogP contribution in [0.1, 0.15) is 25.5 Å². The summed E-state index contributed by atoms with van der Waals surface area (Å²) in [5, 5.41) is 14.2. The van der Waals surface area contributed by atoms with Crippen LogP contribution in [0, 0.1) is 0 Å². The van der Waals surface area contributed by atoms with E-state index in [2.05, 4.69) is 9.82 Å². The lowest BCUT2D eigenvalue weighted by atomic mass is 10.1. The first-order chi connectivity index (χ1) is 11.3. The molecule has 0 amide bonds. The predicted octanol–water partition coefficient (Wildman–Crippen LogP) is 3.62. The van der Waals surface area contributed by atoms with Gasteiger partial charge < -0.3 is 5.11 Å². The maximum absolute atomic E-state index is 12.5. The van der Waals surface area contributed by atoms with Crippen molar-refractivity contribution in [1.29, 1.82) is 0 Å². The summed E-state index contributed by atoms with van der Waals surface area (Å²) in [6.45, 7) is 3.99. The van der Waals surface area contributed by atoms with Gasteiger partial charge in [-0.3, -0.25) is 4.72 Å². The van der Waals surface area contributed by atoms with Gasteiger partial charge in [-0.1, -0.05) is 25.4 Å². The van der Waals surface area contributed by atoms with Crippen molar-refractivity contribution in [3.8, 4) is 5.75 Å². The molecule has 126 valence electrons. The molecule has 8 heteroatoms. The molecule has 0 saturated heterocycles. The summed E-state index contributed by atoms with van der Waals surface area (Å²) >= 11 is 6.19. The summed E-state index contributed by atoms with van der Waals surface area (Å²) < 4.78 is 29.0. The van der Waals surface area contributed by atoms with E-state index < -0.39 is 10.0 Å². The number of nitrogens with zero attached hydrogens (tertiary/aromatic N) is 2.